The van der Waals surface area contributed by atoms with Gasteiger partial charge in [0, 0.05) is 46.9 Å². The van der Waals surface area contributed by atoms with Crippen molar-refractivity contribution in [3.8, 4) is 22.5 Å². The number of fused-ring (bicyclic) bond motifs is 2. The molecule has 0 aliphatic rings. The number of hydrogen-bond acceptors (Lipinski definition) is 11. The Morgan fingerprint density at radius 2 is 1.02 bits per heavy atom. The Balaban J connectivity index is 0.000000177. The minimum Gasteiger partial charge on any atom is -0.350 e. The van der Waals surface area contributed by atoms with Crippen LogP contribution < -0.4 is 21.8 Å². The molecule has 0 amide bonds. The topological polar surface area (TPSA) is 167 Å². The highest BCUT2D eigenvalue weighted by Crippen LogP contribution is 2.31. The van der Waals surface area contributed by atoms with Crippen LogP contribution >= 0.6 is 0 Å². The van der Waals surface area contributed by atoms with Crippen molar-refractivity contribution in [1.82, 2.24) is 34.7 Å². The highest BCUT2D eigenvalue weighted by Gasteiger charge is 2.24. The normalized spacial score (nSPS) is 10.8. The molecule has 58 heavy (non-hydrogen) atoms. The van der Waals surface area contributed by atoms with Crippen LogP contribution in [0.1, 0.15) is 48.4 Å². The zero-order chi connectivity index (χ0) is 40.8. The largest absolute Gasteiger partial charge is 0.350 e. The first-order chi connectivity index (χ1) is 28.2. The fourth-order valence-corrected chi connectivity index (χ4v) is 6.66. The van der Waals surface area contributed by atoms with Gasteiger partial charge in [0.05, 0.1) is 34.0 Å². The van der Waals surface area contributed by atoms with Crippen molar-refractivity contribution in [3.05, 3.63) is 159 Å². The molecule has 0 fully saturated rings. The predicted octanol–water partition coefficient (Wildman–Crippen LogP) is 8.24. The molecule has 0 unspecified atom stereocenters. The van der Waals surface area contributed by atoms with E-state index in [4.69, 9.17) is 0 Å². The summed E-state index contributed by atoms with van der Waals surface area (Å²) >= 11 is 0. The number of carbonyl (C=O) groups is 2. The third-order valence-electron chi connectivity index (χ3n) is 9.42. The van der Waals surface area contributed by atoms with Crippen LogP contribution in [0.3, 0.4) is 0 Å². The summed E-state index contributed by atoms with van der Waals surface area (Å²) in [6.45, 7) is 7.35. The van der Waals surface area contributed by atoms with Crippen molar-refractivity contribution >= 4 is 56.1 Å². The van der Waals surface area contributed by atoms with E-state index in [2.05, 4.69) is 36.0 Å². The van der Waals surface area contributed by atoms with Crippen LogP contribution in [0.2, 0.25) is 0 Å². The molecule has 288 valence electrons. The molecular formula is C45H39N9O4. The summed E-state index contributed by atoms with van der Waals surface area (Å²) in [4.78, 5) is 55.8. The van der Waals surface area contributed by atoms with Crippen LogP contribution in [0.5, 0.6) is 0 Å². The van der Waals surface area contributed by atoms with E-state index in [0.29, 0.717) is 41.4 Å². The third-order valence-corrected chi connectivity index (χ3v) is 9.42. The van der Waals surface area contributed by atoms with Gasteiger partial charge in [0.2, 0.25) is 0 Å². The van der Waals surface area contributed by atoms with E-state index in [1.54, 1.807) is 18.5 Å². The number of nitrogens with one attached hydrogen (secondary N) is 2. The van der Waals surface area contributed by atoms with Gasteiger partial charge in [0.1, 0.15) is 22.8 Å². The van der Waals surface area contributed by atoms with E-state index >= 15 is 0 Å². The lowest BCUT2D eigenvalue weighted by Gasteiger charge is -2.17. The zero-order valence-electron chi connectivity index (χ0n) is 32.3. The first-order valence-corrected chi connectivity index (χ1v) is 18.7. The molecular weight excluding hydrogens is 731 g/mol. The number of benzene rings is 4. The van der Waals surface area contributed by atoms with Gasteiger partial charge in [0.15, 0.2) is 11.6 Å². The molecule has 0 atom stereocenters. The lowest BCUT2D eigenvalue weighted by Crippen LogP contribution is -2.28. The number of para-hydroxylation sites is 1. The standard InChI is InChI=1S/C23H20N4O2.C22H19N5O2/c1-3-27-23(29)22(25-19-13-14-24-18-12-8-7-11-17(18)19)20(15(2)28)21(26-27)16-9-5-4-6-10-16;1-3-27-22(29)21(24-18-13-23-25-17-12-8-7-11-16(17)18)19(14(2)28)20(26-27)15-9-5-4-6-10-15/h4-14H,3H2,1-2H3,(H,24,25);4-13H,3H2,1-2H3,(H,24,25). The average Bonchev–Trinajstić information content (AvgIpc) is 3.25. The number of anilines is 4. The molecule has 4 heterocycles. The molecule has 0 saturated heterocycles. The van der Waals surface area contributed by atoms with Crippen LogP contribution in [0, 0.1) is 0 Å². The fraction of sp³-hybridized carbons (Fsp3) is 0.133. The number of aryl methyl sites for hydroxylation is 2. The van der Waals surface area contributed by atoms with Gasteiger partial charge in [-0.1, -0.05) is 97.1 Å². The summed E-state index contributed by atoms with van der Waals surface area (Å²) in [5.74, 6) is -0.469. The molecule has 2 N–H and O–H groups in total. The van der Waals surface area contributed by atoms with E-state index in [0.717, 1.165) is 27.4 Å². The van der Waals surface area contributed by atoms with Gasteiger partial charge in [0.25, 0.3) is 11.1 Å². The highest BCUT2D eigenvalue weighted by atomic mass is 16.1. The lowest BCUT2D eigenvalue weighted by atomic mass is 10.0. The van der Waals surface area contributed by atoms with Gasteiger partial charge >= 0.3 is 0 Å². The van der Waals surface area contributed by atoms with Crippen molar-refractivity contribution in [2.24, 2.45) is 0 Å². The summed E-state index contributed by atoms with van der Waals surface area (Å²) < 4.78 is 2.73. The third kappa shape index (κ3) is 7.73. The average molecular weight is 770 g/mol. The molecule has 13 nitrogen and oxygen atoms in total. The Morgan fingerprint density at radius 3 is 1.52 bits per heavy atom. The number of nitrogens with zero attached hydrogens (tertiary/aromatic N) is 7. The number of Topliss-reactive ketones (excluding diaryl/α,β-unsaturated/α-hetero) is 2. The van der Waals surface area contributed by atoms with Gasteiger partial charge in [-0.3, -0.25) is 24.2 Å². The SMILES string of the molecule is CCn1nc(-c2ccccc2)c(C(C)=O)c(Nc2ccnc3ccccc23)c1=O.CCn1nc(-c2ccccc2)c(C(C)=O)c(Nc2cnnc3ccccc23)c1=O. The zero-order valence-corrected chi connectivity index (χ0v) is 32.3. The summed E-state index contributed by atoms with van der Waals surface area (Å²) in [6.07, 6.45) is 3.22. The minimum absolute atomic E-state index is 0.186. The number of ketones is 2. The van der Waals surface area contributed by atoms with Crippen LogP contribution in [0.25, 0.3) is 44.3 Å². The van der Waals surface area contributed by atoms with Crippen LogP contribution in [0.4, 0.5) is 22.7 Å². The second kappa shape index (κ2) is 17.0. The molecule has 4 aromatic heterocycles. The Morgan fingerprint density at radius 1 is 0.569 bits per heavy atom. The fourth-order valence-electron chi connectivity index (χ4n) is 6.66. The molecule has 0 spiro atoms. The molecule has 13 heteroatoms. The first-order valence-electron chi connectivity index (χ1n) is 18.7. The Bertz CT molecular complexity index is 2720. The van der Waals surface area contributed by atoms with Crippen molar-refractivity contribution < 1.29 is 9.59 Å². The maximum absolute atomic E-state index is 13.1. The molecule has 0 aliphatic heterocycles. The van der Waals surface area contributed by atoms with Gasteiger partial charge in [-0.25, -0.2) is 9.36 Å². The Kier molecular flexibility index (Phi) is 11.3. The van der Waals surface area contributed by atoms with Gasteiger partial charge in [-0.15, -0.1) is 0 Å². The van der Waals surface area contributed by atoms with Gasteiger partial charge in [-0.05, 0) is 45.9 Å². The number of aromatic nitrogens is 7. The van der Waals surface area contributed by atoms with Crippen LogP contribution in [-0.2, 0) is 13.1 Å². The van der Waals surface area contributed by atoms with Crippen molar-refractivity contribution in [1.29, 1.82) is 0 Å². The number of pyridine rings is 1. The van der Waals surface area contributed by atoms with Crippen LogP contribution in [-0.4, -0.2) is 46.3 Å². The smallest absolute Gasteiger partial charge is 0.291 e. The van der Waals surface area contributed by atoms with Crippen molar-refractivity contribution in [3.63, 3.8) is 0 Å². The summed E-state index contributed by atoms with van der Waals surface area (Å²) in [5, 5.41) is 25.1. The number of hydrogen-bond donors (Lipinski definition) is 2. The van der Waals surface area contributed by atoms with Gasteiger partial charge in [-0.2, -0.15) is 20.4 Å². The number of carbonyl (C=O) groups excluding carboxylic acids is 2. The molecule has 8 aromatic rings. The summed E-state index contributed by atoms with van der Waals surface area (Å²) in [7, 11) is 0. The first kappa shape index (κ1) is 38.6. The summed E-state index contributed by atoms with van der Waals surface area (Å²) in [6, 6.07) is 35.7. The van der Waals surface area contributed by atoms with E-state index < -0.39 is 0 Å². The quantitative estimate of drug-likeness (QED) is 0.129. The monoisotopic (exact) mass is 769 g/mol. The summed E-state index contributed by atoms with van der Waals surface area (Å²) in [5.41, 5.74) is 5.55. The highest BCUT2D eigenvalue weighted by molar-refractivity contribution is 6.07. The maximum Gasteiger partial charge on any atom is 0.291 e. The maximum atomic E-state index is 13.1. The molecule has 0 bridgehead atoms. The lowest BCUT2D eigenvalue weighted by molar-refractivity contribution is 0.101. The second-order valence-corrected chi connectivity index (χ2v) is 13.2. The Labute approximate surface area is 333 Å². The second-order valence-electron chi connectivity index (χ2n) is 13.2. The molecule has 8 rings (SSSR count). The molecule has 0 saturated carbocycles. The molecule has 0 radical (unpaired) electrons. The van der Waals surface area contributed by atoms with E-state index in [-0.39, 0.29) is 45.2 Å². The van der Waals surface area contributed by atoms with E-state index in [1.165, 1.54) is 23.2 Å². The molecule has 0 aliphatic carbocycles. The van der Waals surface area contributed by atoms with Crippen molar-refractivity contribution in [2.45, 2.75) is 40.8 Å². The predicted molar refractivity (Wildman–Crippen MR) is 227 cm³/mol. The molecule has 4 aromatic carbocycles. The van der Waals surface area contributed by atoms with Crippen molar-refractivity contribution in [2.75, 3.05) is 10.6 Å². The number of rotatable bonds is 10. The van der Waals surface area contributed by atoms with Crippen LogP contribution in [0.15, 0.2) is 137 Å². The Hall–Kier alpha value is -7.67. The van der Waals surface area contributed by atoms with E-state index in [1.807, 2.05) is 123 Å². The van der Waals surface area contributed by atoms with E-state index in [9.17, 15) is 19.2 Å². The van der Waals surface area contributed by atoms with Gasteiger partial charge < -0.3 is 10.6 Å². The minimum atomic E-state index is -0.363.